The lowest BCUT2D eigenvalue weighted by atomic mass is 10.3. The zero-order valence-corrected chi connectivity index (χ0v) is 7.38. The molecular formula is C8H14N4. The molecule has 0 amide bonds. The minimum atomic E-state index is 0.872. The van der Waals surface area contributed by atoms with E-state index in [-0.39, 0.29) is 0 Å². The molecular weight excluding hydrogens is 152 g/mol. The molecule has 1 aromatic heterocycles. The van der Waals surface area contributed by atoms with E-state index in [2.05, 4.69) is 27.0 Å². The van der Waals surface area contributed by atoms with Crippen LogP contribution in [0.1, 0.15) is 25.0 Å². The molecule has 1 N–H and O–H groups in total. The van der Waals surface area contributed by atoms with Gasteiger partial charge in [-0.1, -0.05) is 6.92 Å². The molecule has 12 heavy (non-hydrogen) atoms. The monoisotopic (exact) mass is 166 g/mol. The molecule has 1 aliphatic rings. The normalized spacial score (nSPS) is 16.1. The highest BCUT2D eigenvalue weighted by Gasteiger charge is 2.13. The van der Waals surface area contributed by atoms with Gasteiger partial charge in [0.25, 0.3) is 0 Å². The minimum Gasteiger partial charge on any atom is -0.313 e. The van der Waals surface area contributed by atoms with Crippen LogP contribution in [0.3, 0.4) is 0 Å². The van der Waals surface area contributed by atoms with E-state index in [9.17, 15) is 0 Å². The zero-order valence-electron chi connectivity index (χ0n) is 7.38. The SMILES string of the molecule is CCCc1nnc2n1CCNC2. The molecule has 0 unspecified atom stereocenters. The Hall–Kier alpha value is -0.900. The smallest absolute Gasteiger partial charge is 0.147 e. The average molecular weight is 166 g/mol. The number of aromatic nitrogens is 3. The van der Waals surface area contributed by atoms with Gasteiger partial charge in [0.2, 0.25) is 0 Å². The number of nitrogens with one attached hydrogen (secondary N) is 1. The Labute approximate surface area is 72.0 Å². The summed E-state index contributed by atoms with van der Waals surface area (Å²) >= 11 is 0. The van der Waals surface area contributed by atoms with Crippen LogP contribution >= 0.6 is 0 Å². The third kappa shape index (κ3) is 1.22. The molecule has 0 saturated carbocycles. The highest BCUT2D eigenvalue weighted by Crippen LogP contribution is 2.07. The predicted molar refractivity (Wildman–Crippen MR) is 45.7 cm³/mol. The molecule has 66 valence electrons. The van der Waals surface area contributed by atoms with E-state index in [0.717, 1.165) is 44.1 Å². The molecule has 4 nitrogen and oxygen atoms in total. The summed E-state index contributed by atoms with van der Waals surface area (Å²) in [5.41, 5.74) is 0. The number of hydrogen-bond acceptors (Lipinski definition) is 3. The highest BCUT2D eigenvalue weighted by atomic mass is 15.3. The fourth-order valence-electron chi connectivity index (χ4n) is 1.56. The van der Waals surface area contributed by atoms with E-state index in [0.29, 0.717) is 0 Å². The second kappa shape index (κ2) is 3.23. The number of hydrogen-bond donors (Lipinski definition) is 1. The Kier molecular flexibility index (Phi) is 2.08. The largest absolute Gasteiger partial charge is 0.313 e. The van der Waals surface area contributed by atoms with Crippen LogP contribution in [-0.2, 0) is 19.5 Å². The molecule has 0 radical (unpaired) electrons. The van der Waals surface area contributed by atoms with Crippen molar-refractivity contribution in [1.82, 2.24) is 20.1 Å². The first-order chi connectivity index (χ1) is 5.92. The summed E-state index contributed by atoms with van der Waals surface area (Å²) in [6.45, 7) is 5.11. The van der Waals surface area contributed by atoms with Gasteiger partial charge in [-0.25, -0.2) is 0 Å². The maximum Gasteiger partial charge on any atom is 0.147 e. The van der Waals surface area contributed by atoms with Gasteiger partial charge < -0.3 is 9.88 Å². The van der Waals surface area contributed by atoms with E-state index in [1.165, 1.54) is 0 Å². The van der Waals surface area contributed by atoms with E-state index in [1.807, 2.05) is 0 Å². The van der Waals surface area contributed by atoms with Crippen molar-refractivity contribution in [2.75, 3.05) is 6.54 Å². The van der Waals surface area contributed by atoms with Crippen LogP contribution in [0.15, 0.2) is 0 Å². The van der Waals surface area contributed by atoms with E-state index >= 15 is 0 Å². The van der Waals surface area contributed by atoms with Gasteiger partial charge in [0.15, 0.2) is 0 Å². The summed E-state index contributed by atoms with van der Waals surface area (Å²) in [6.07, 6.45) is 2.19. The van der Waals surface area contributed by atoms with Gasteiger partial charge in [0.1, 0.15) is 11.6 Å². The summed E-state index contributed by atoms with van der Waals surface area (Å²) in [5.74, 6) is 2.23. The molecule has 0 fully saturated rings. The molecule has 0 saturated heterocycles. The summed E-state index contributed by atoms with van der Waals surface area (Å²) < 4.78 is 2.24. The lowest BCUT2D eigenvalue weighted by Gasteiger charge is -2.15. The van der Waals surface area contributed by atoms with Gasteiger partial charge in [-0.3, -0.25) is 0 Å². The van der Waals surface area contributed by atoms with Crippen LogP contribution in [0.4, 0.5) is 0 Å². The quantitative estimate of drug-likeness (QED) is 0.688. The summed E-state index contributed by atoms with van der Waals surface area (Å²) in [7, 11) is 0. The fraction of sp³-hybridized carbons (Fsp3) is 0.750. The van der Waals surface area contributed by atoms with Crippen LogP contribution in [0.2, 0.25) is 0 Å². The molecule has 1 aliphatic heterocycles. The van der Waals surface area contributed by atoms with Gasteiger partial charge >= 0.3 is 0 Å². The first-order valence-corrected chi connectivity index (χ1v) is 4.53. The molecule has 1 aromatic rings. The number of fused-ring (bicyclic) bond motifs is 1. The first kappa shape index (κ1) is 7.73. The van der Waals surface area contributed by atoms with Gasteiger partial charge in [0.05, 0.1) is 6.54 Å². The Morgan fingerprint density at radius 3 is 3.25 bits per heavy atom. The molecule has 0 aliphatic carbocycles. The Morgan fingerprint density at radius 2 is 2.42 bits per heavy atom. The summed E-state index contributed by atoms with van der Waals surface area (Å²) in [5, 5.41) is 11.6. The number of nitrogens with zero attached hydrogens (tertiary/aromatic N) is 3. The van der Waals surface area contributed by atoms with E-state index < -0.39 is 0 Å². The third-order valence-electron chi connectivity index (χ3n) is 2.17. The van der Waals surface area contributed by atoms with Gasteiger partial charge in [-0.15, -0.1) is 10.2 Å². The van der Waals surface area contributed by atoms with Crippen molar-refractivity contribution in [2.45, 2.75) is 32.9 Å². The Balaban J connectivity index is 2.25. The average Bonchev–Trinajstić information content (AvgIpc) is 2.50. The van der Waals surface area contributed by atoms with Crippen molar-refractivity contribution < 1.29 is 0 Å². The molecule has 0 spiro atoms. The van der Waals surface area contributed by atoms with Crippen molar-refractivity contribution in [2.24, 2.45) is 0 Å². The Morgan fingerprint density at radius 1 is 1.50 bits per heavy atom. The highest BCUT2D eigenvalue weighted by molar-refractivity contribution is 4.98. The van der Waals surface area contributed by atoms with E-state index in [1.54, 1.807) is 0 Å². The lowest BCUT2D eigenvalue weighted by molar-refractivity contribution is 0.492. The second-order valence-electron chi connectivity index (χ2n) is 3.11. The second-order valence-corrected chi connectivity index (χ2v) is 3.11. The maximum atomic E-state index is 4.16. The van der Waals surface area contributed by atoms with Gasteiger partial charge in [-0.05, 0) is 6.42 Å². The molecule has 4 heteroatoms. The van der Waals surface area contributed by atoms with Crippen LogP contribution in [0, 0.1) is 0 Å². The van der Waals surface area contributed by atoms with Crippen LogP contribution in [0.5, 0.6) is 0 Å². The standard InChI is InChI=1S/C8H14N4/c1-2-3-7-10-11-8-6-9-4-5-12(7)8/h9H,2-6H2,1H3. The van der Waals surface area contributed by atoms with Gasteiger partial charge in [-0.2, -0.15) is 0 Å². The zero-order chi connectivity index (χ0) is 8.39. The van der Waals surface area contributed by atoms with Gasteiger partial charge in [0, 0.05) is 19.5 Å². The number of rotatable bonds is 2. The fourth-order valence-corrected chi connectivity index (χ4v) is 1.56. The van der Waals surface area contributed by atoms with Crippen molar-refractivity contribution >= 4 is 0 Å². The predicted octanol–water partition coefficient (Wildman–Crippen LogP) is 0.334. The minimum absolute atomic E-state index is 0.872. The molecule has 0 atom stereocenters. The topological polar surface area (TPSA) is 42.7 Å². The molecule has 2 rings (SSSR count). The van der Waals surface area contributed by atoms with E-state index in [4.69, 9.17) is 0 Å². The third-order valence-corrected chi connectivity index (χ3v) is 2.17. The summed E-state index contributed by atoms with van der Waals surface area (Å²) in [4.78, 5) is 0. The summed E-state index contributed by atoms with van der Waals surface area (Å²) in [6, 6.07) is 0. The first-order valence-electron chi connectivity index (χ1n) is 4.53. The Bertz CT molecular complexity index is 266. The maximum absolute atomic E-state index is 4.16. The molecule has 0 aromatic carbocycles. The number of aryl methyl sites for hydroxylation is 1. The molecule has 2 heterocycles. The van der Waals surface area contributed by atoms with Crippen molar-refractivity contribution in [3.63, 3.8) is 0 Å². The van der Waals surface area contributed by atoms with Crippen LogP contribution < -0.4 is 5.32 Å². The van der Waals surface area contributed by atoms with Crippen LogP contribution in [0.25, 0.3) is 0 Å². The van der Waals surface area contributed by atoms with Crippen molar-refractivity contribution in [1.29, 1.82) is 0 Å². The lowest BCUT2D eigenvalue weighted by Crippen LogP contribution is -2.29. The molecule has 0 bridgehead atoms. The van der Waals surface area contributed by atoms with Crippen molar-refractivity contribution in [3.8, 4) is 0 Å². The van der Waals surface area contributed by atoms with Crippen LogP contribution in [-0.4, -0.2) is 21.3 Å². The van der Waals surface area contributed by atoms with Crippen molar-refractivity contribution in [3.05, 3.63) is 11.6 Å².